The van der Waals surface area contributed by atoms with Crippen molar-refractivity contribution in [3.8, 4) is 0 Å². The van der Waals surface area contributed by atoms with Crippen LogP contribution in [-0.2, 0) is 0 Å². The third kappa shape index (κ3) is 1.41. The van der Waals surface area contributed by atoms with E-state index in [-0.39, 0.29) is 0 Å². The first-order valence-electron chi connectivity index (χ1n) is 2.48. The van der Waals surface area contributed by atoms with Crippen LogP contribution in [-0.4, -0.2) is 10.1 Å². The maximum absolute atomic E-state index is 8.98. The van der Waals surface area contributed by atoms with Gasteiger partial charge in [0, 0.05) is 0 Å². The number of halogens is 1. The average molecular weight is 164 g/mol. The summed E-state index contributed by atoms with van der Waals surface area (Å²) in [7, 11) is 0. The van der Waals surface area contributed by atoms with Crippen LogP contribution in [0.5, 0.6) is 0 Å². The number of aliphatic hydroxyl groups excluding tert-OH is 1. The molecule has 0 fully saturated rings. The second-order valence-electron chi connectivity index (χ2n) is 1.68. The molecule has 0 saturated heterocycles. The van der Waals surface area contributed by atoms with Crippen molar-refractivity contribution in [2.75, 3.05) is 0 Å². The van der Waals surface area contributed by atoms with Gasteiger partial charge in [-0.1, -0.05) is 11.6 Å². The summed E-state index contributed by atoms with van der Waals surface area (Å²) in [6, 6.07) is 0. The fourth-order valence-electron chi connectivity index (χ4n) is 0.512. The van der Waals surface area contributed by atoms with E-state index in [9.17, 15) is 0 Å². The number of rotatable bonds is 1. The first-order valence-corrected chi connectivity index (χ1v) is 3.74. The van der Waals surface area contributed by atoms with Gasteiger partial charge in [0.1, 0.15) is 5.15 Å². The van der Waals surface area contributed by atoms with Crippen LogP contribution >= 0.6 is 22.9 Å². The van der Waals surface area contributed by atoms with Crippen molar-refractivity contribution < 1.29 is 5.11 Å². The minimum absolute atomic E-state index is 0.412. The molecule has 0 radical (unpaired) electrons. The molecule has 0 aromatic carbocycles. The molecule has 1 N–H and O–H groups in total. The first-order chi connectivity index (χ1) is 4.22. The summed E-state index contributed by atoms with van der Waals surface area (Å²) in [5.74, 6) is 0. The molecule has 1 unspecified atom stereocenters. The lowest BCUT2D eigenvalue weighted by Gasteiger charge is -1.96. The van der Waals surface area contributed by atoms with E-state index in [0.29, 0.717) is 5.15 Å². The highest BCUT2D eigenvalue weighted by atomic mass is 35.5. The van der Waals surface area contributed by atoms with Crippen LogP contribution in [0.25, 0.3) is 0 Å². The van der Waals surface area contributed by atoms with Gasteiger partial charge in [0.05, 0.1) is 16.5 Å². The van der Waals surface area contributed by atoms with Gasteiger partial charge in [-0.25, -0.2) is 4.98 Å². The Labute approximate surface area is 62.1 Å². The molecule has 1 heterocycles. The molecule has 4 heteroatoms. The largest absolute Gasteiger partial charge is 0.388 e. The third-order valence-electron chi connectivity index (χ3n) is 0.928. The number of aromatic nitrogens is 1. The van der Waals surface area contributed by atoms with Crippen LogP contribution in [0.4, 0.5) is 0 Å². The molecule has 1 rings (SSSR count). The highest BCUT2D eigenvalue weighted by Gasteiger charge is 2.07. The first kappa shape index (κ1) is 6.99. The molecule has 0 bridgehead atoms. The Hall–Kier alpha value is -0.120. The molecule has 0 saturated carbocycles. The van der Waals surface area contributed by atoms with Gasteiger partial charge in [0.15, 0.2) is 0 Å². The Morgan fingerprint density at radius 2 is 2.56 bits per heavy atom. The lowest BCUT2D eigenvalue weighted by molar-refractivity contribution is 0.203. The summed E-state index contributed by atoms with van der Waals surface area (Å²) >= 11 is 6.94. The summed E-state index contributed by atoms with van der Waals surface area (Å²) in [5, 5.41) is 9.39. The summed E-state index contributed by atoms with van der Waals surface area (Å²) in [4.78, 5) is 4.49. The van der Waals surface area contributed by atoms with Crippen molar-refractivity contribution in [2.45, 2.75) is 13.0 Å². The number of hydrogen-bond acceptors (Lipinski definition) is 3. The van der Waals surface area contributed by atoms with E-state index in [1.54, 1.807) is 12.4 Å². The van der Waals surface area contributed by atoms with Gasteiger partial charge in [-0.15, -0.1) is 11.3 Å². The molecule has 0 aliphatic carbocycles. The Bertz CT molecular complexity index is 199. The molecule has 50 valence electrons. The van der Waals surface area contributed by atoms with Crippen molar-refractivity contribution in [3.05, 3.63) is 15.5 Å². The third-order valence-corrected chi connectivity index (χ3v) is 2.34. The van der Waals surface area contributed by atoms with Crippen molar-refractivity contribution in [3.63, 3.8) is 0 Å². The maximum atomic E-state index is 8.98. The van der Waals surface area contributed by atoms with Crippen LogP contribution in [0, 0.1) is 0 Å². The molecule has 0 amide bonds. The van der Waals surface area contributed by atoms with Gasteiger partial charge in [-0.3, -0.25) is 0 Å². The zero-order valence-electron chi connectivity index (χ0n) is 4.84. The quantitative estimate of drug-likeness (QED) is 0.686. The number of thiazole rings is 1. The average Bonchev–Trinajstić information content (AvgIpc) is 2.13. The molecular formula is C5H6ClNOS. The smallest absolute Gasteiger partial charge is 0.145 e. The second kappa shape index (κ2) is 2.64. The van der Waals surface area contributed by atoms with E-state index in [1.165, 1.54) is 11.3 Å². The Morgan fingerprint density at radius 1 is 1.89 bits per heavy atom. The van der Waals surface area contributed by atoms with Gasteiger partial charge in [-0.2, -0.15) is 0 Å². The molecule has 1 aromatic heterocycles. The highest BCUT2D eigenvalue weighted by molar-refractivity contribution is 7.10. The number of aliphatic hydroxyl groups is 1. The normalized spacial score (nSPS) is 13.7. The van der Waals surface area contributed by atoms with Crippen LogP contribution in [0.2, 0.25) is 5.15 Å². The monoisotopic (exact) mass is 163 g/mol. The van der Waals surface area contributed by atoms with Crippen molar-refractivity contribution in [1.82, 2.24) is 4.98 Å². The minimum atomic E-state index is -0.495. The second-order valence-corrected chi connectivity index (χ2v) is 2.93. The van der Waals surface area contributed by atoms with Crippen LogP contribution in [0.1, 0.15) is 17.9 Å². The summed E-state index contributed by atoms with van der Waals surface area (Å²) in [6.45, 7) is 1.67. The van der Waals surface area contributed by atoms with Crippen molar-refractivity contribution in [2.24, 2.45) is 0 Å². The van der Waals surface area contributed by atoms with Crippen LogP contribution < -0.4 is 0 Å². The van der Waals surface area contributed by atoms with E-state index < -0.39 is 6.10 Å². The predicted octanol–water partition coefficient (Wildman–Crippen LogP) is 1.85. The zero-order valence-corrected chi connectivity index (χ0v) is 6.41. The van der Waals surface area contributed by atoms with Crippen molar-refractivity contribution in [1.29, 1.82) is 0 Å². The van der Waals surface area contributed by atoms with Crippen LogP contribution in [0.3, 0.4) is 0 Å². The lowest BCUT2D eigenvalue weighted by atomic mass is 10.4. The summed E-state index contributed by atoms with van der Waals surface area (Å²) in [6.07, 6.45) is -0.495. The summed E-state index contributed by atoms with van der Waals surface area (Å²) < 4.78 is 0. The topological polar surface area (TPSA) is 33.1 Å². The van der Waals surface area contributed by atoms with E-state index in [2.05, 4.69) is 4.98 Å². The summed E-state index contributed by atoms with van der Waals surface area (Å²) in [5.41, 5.74) is 1.62. The Balaban J connectivity index is 2.94. The standard InChI is InChI=1S/C5H6ClNOS/c1-3(8)4-5(6)7-2-9-4/h2-3,8H,1H3. The molecule has 0 spiro atoms. The zero-order chi connectivity index (χ0) is 6.85. The lowest BCUT2D eigenvalue weighted by Crippen LogP contribution is -1.85. The van der Waals surface area contributed by atoms with E-state index in [1.807, 2.05) is 0 Å². The van der Waals surface area contributed by atoms with Gasteiger partial charge in [-0.05, 0) is 6.92 Å². The number of nitrogens with zero attached hydrogens (tertiary/aromatic N) is 1. The molecule has 9 heavy (non-hydrogen) atoms. The molecule has 0 aliphatic heterocycles. The SMILES string of the molecule is CC(O)c1scnc1Cl. The Kier molecular flexibility index (Phi) is 2.05. The van der Waals surface area contributed by atoms with Gasteiger partial charge >= 0.3 is 0 Å². The molecule has 1 atom stereocenters. The highest BCUT2D eigenvalue weighted by Crippen LogP contribution is 2.24. The molecule has 0 aliphatic rings. The fraction of sp³-hybridized carbons (Fsp3) is 0.400. The van der Waals surface area contributed by atoms with E-state index >= 15 is 0 Å². The number of hydrogen-bond donors (Lipinski definition) is 1. The molecular weight excluding hydrogens is 158 g/mol. The minimum Gasteiger partial charge on any atom is -0.388 e. The fourth-order valence-corrected chi connectivity index (χ4v) is 1.53. The maximum Gasteiger partial charge on any atom is 0.145 e. The van der Waals surface area contributed by atoms with Crippen molar-refractivity contribution >= 4 is 22.9 Å². The van der Waals surface area contributed by atoms with Gasteiger partial charge < -0.3 is 5.11 Å². The molecule has 2 nitrogen and oxygen atoms in total. The van der Waals surface area contributed by atoms with Crippen LogP contribution in [0.15, 0.2) is 5.51 Å². The molecule has 1 aromatic rings. The Morgan fingerprint density at radius 3 is 2.78 bits per heavy atom. The van der Waals surface area contributed by atoms with E-state index in [0.717, 1.165) is 4.88 Å². The van der Waals surface area contributed by atoms with E-state index in [4.69, 9.17) is 16.7 Å². The van der Waals surface area contributed by atoms with Gasteiger partial charge in [0.25, 0.3) is 0 Å². The predicted molar refractivity (Wildman–Crippen MR) is 37.8 cm³/mol. The van der Waals surface area contributed by atoms with Gasteiger partial charge in [0.2, 0.25) is 0 Å².